The number of ether oxygens (including phenoxy) is 1. The highest BCUT2D eigenvalue weighted by atomic mass is 16.5. The number of carbonyl (C=O) groups is 1. The number of anilines is 2. The smallest absolute Gasteiger partial charge is 0.252 e. The molecule has 1 heterocycles. The molecule has 92 valence electrons. The topological polar surface area (TPSA) is 111 Å². The fourth-order valence-corrected chi connectivity index (χ4v) is 1.67. The molecule has 1 aliphatic heterocycles. The minimum absolute atomic E-state index is 0.156. The van der Waals surface area contributed by atoms with Crippen LogP contribution in [0.3, 0.4) is 0 Å². The molecular formula is C11H15N3O3. The Morgan fingerprint density at radius 3 is 2.35 bits per heavy atom. The van der Waals surface area contributed by atoms with E-state index in [0.717, 1.165) is 0 Å². The molecule has 0 saturated carbocycles. The molecular weight excluding hydrogens is 222 g/mol. The van der Waals surface area contributed by atoms with Crippen molar-refractivity contribution in [2.75, 3.05) is 31.3 Å². The Balaban J connectivity index is 2.14. The molecule has 0 spiro atoms. The van der Waals surface area contributed by atoms with Crippen LogP contribution in [0.5, 0.6) is 0 Å². The number of amides is 1. The standard InChI is InChI=1S/C11H15N3O3/c12-8-1-7(2-9(13)3-8)10(16)14-11(4-15)5-17-6-11/h1-3,15H,4-6,12-13H2,(H,14,16). The van der Waals surface area contributed by atoms with Crippen LogP contribution in [0.1, 0.15) is 10.4 Å². The van der Waals surface area contributed by atoms with Crippen LogP contribution in [0, 0.1) is 0 Å². The molecule has 1 amide bonds. The number of aliphatic hydroxyl groups is 1. The first-order valence-corrected chi connectivity index (χ1v) is 5.22. The Kier molecular flexibility index (Phi) is 2.91. The second kappa shape index (κ2) is 4.23. The van der Waals surface area contributed by atoms with Gasteiger partial charge in [0, 0.05) is 16.9 Å². The lowest BCUT2D eigenvalue weighted by molar-refractivity contribution is -0.0919. The molecule has 17 heavy (non-hydrogen) atoms. The molecule has 1 aromatic rings. The maximum atomic E-state index is 11.9. The van der Waals surface area contributed by atoms with Crippen LogP contribution in [-0.2, 0) is 4.74 Å². The summed E-state index contributed by atoms with van der Waals surface area (Å²) in [5, 5.41) is 11.9. The van der Waals surface area contributed by atoms with Crippen molar-refractivity contribution in [3.63, 3.8) is 0 Å². The highest BCUT2D eigenvalue weighted by Gasteiger charge is 2.39. The number of benzene rings is 1. The van der Waals surface area contributed by atoms with Crippen LogP contribution >= 0.6 is 0 Å². The highest BCUT2D eigenvalue weighted by Crippen LogP contribution is 2.18. The van der Waals surface area contributed by atoms with Gasteiger partial charge in [0.05, 0.1) is 19.8 Å². The van der Waals surface area contributed by atoms with Gasteiger partial charge in [-0.05, 0) is 18.2 Å². The van der Waals surface area contributed by atoms with Crippen molar-refractivity contribution in [3.05, 3.63) is 23.8 Å². The summed E-state index contributed by atoms with van der Waals surface area (Å²) in [5.41, 5.74) is 11.8. The van der Waals surface area contributed by atoms with Crippen molar-refractivity contribution in [3.8, 4) is 0 Å². The Hall–Kier alpha value is -1.79. The van der Waals surface area contributed by atoms with Crippen molar-refractivity contribution >= 4 is 17.3 Å². The molecule has 1 aliphatic rings. The molecule has 0 aromatic heterocycles. The fraction of sp³-hybridized carbons (Fsp3) is 0.364. The van der Waals surface area contributed by atoms with Gasteiger partial charge in [-0.3, -0.25) is 4.79 Å². The van der Waals surface area contributed by atoms with Crippen LogP contribution in [-0.4, -0.2) is 36.4 Å². The summed E-state index contributed by atoms with van der Waals surface area (Å²) in [5.74, 6) is -0.318. The van der Waals surface area contributed by atoms with Crippen LogP contribution in [0.25, 0.3) is 0 Å². The Labute approximate surface area is 98.5 Å². The molecule has 1 fully saturated rings. The normalized spacial score (nSPS) is 17.2. The lowest BCUT2D eigenvalue weighted by atomic mass is 9.98. The van der Waals surface area contributed by atoms with Gasteiger partial charge < -0.3 is 26.6 Å². The van der Waals surface area contributed by atoms with Gasteiger partial charge in [0.2, 0.25) is 0 Å². The maximum Gasteiger partial charge on any atom is 0.252 e. The summed E-state index contributed by atoms with van der Waals surface area (Å²) in [6.45, 7) is 0.469. The van der Waals surface area contributed by atoms with Gasteiger partial charge in [-0.1, -0.05) is 0 Å². The van der Waals surface area contributed by atoms with Gasteiger partial charge in [-0.15, -0.1) is 0 Å². The average molecular weight is 237 g/mol. The highest BCUT2D eigenvalue weighted by molar-refractivity contribution is 5.96. The SMILES string of the molecule is Nc1cc(N)cc(C(=O)NC2(CO)COC2)c1. The van der Waals surface area contributed by atoms with Gasteiger partial charge in [0.1, 0.15) is 5.54 Å². The Morgan fingerprint density at radius 1 is 1.35 bits per heavy atom. The van der Waals surface area contributed by atoms with Gasteiger partial charge in [-0.2, -0.15) is 0 Å². The average Bonchev–Trinajstić information content (AvgIpc) is 2.21. The summed E-state index contributed by atoms with van der Waals surface area (Å²) in [4.78, 5) is 11.9. The third-order valence-corrected chi connectivity index (χ3v) is 2.68. The molecule has 6 N–H and O–H groups in total. The third-order valence-electron chi connectivity index (χ3n) is 2.68. The molecule has 6 heteroatoms. The van der Waals surface area contributed by atoms with E-state index >= 15 is 0 Å². The summed E-state index contributed by atoms with van der Waals surface area (Å²) in [7, 11) is 0. The summed E-state index contributed by atoms with van der Waals surface area (Å²) in [6, 6.07) is 4.65. The zero-order valence-corrected chi connectivity index (χ0v) is 9.27. The van der Waals surface area contributed by atoms with Crippen LogP contribution < -0.4 is 16.8 Å². The summed E-state index contributed by atoms with van der Waals surface area (Å²) >= 11 is 0. The lowest BCUT2D eigenvalue weighted by Gasteiger charge is -2.40. The zero-order valence-electron chi connectivity index (χ0n) is 9.27. The van der Waals surface area contributed by atoms with Crippen molar-refractivity contribution in [1.82, 2.24) is 5.32 Å². The van der Waals surface area contributed by atoms with Crippen molar-refractivity contribution in [2.24, 2.45) is 0 Å². The molecule has 6 nitrogen and oxygen atoms in total. The predicted molar refractivity (Wildman–Crippen MR) is 63.4 cm³/mol. The molecule has 0 atom stereocenters. The number of hydrogen-bond donors (Lipinski definition) is 4. The molecule has 1 saturated heterocycles. The predicted octanol–water partition coefficient (Wildman–Crippen LogP) is -0.658. The van der Waals surface area contributed by atoms with Gasteiger partial charge >= 0.3 is 0 Å². The lowest BCUT2D eigenvalue weighted by Crippen LogP contribution is -2.64. The molecule has 0 aliphatic carbocycles. The number of carbonyl (C=O) groups excluding carboxylic acids is 1. The number of rotatable bonds is 3. The molecule has 0 unspecified atom stereocenters. The second-order valence-corrected chi connectivity index (χ2v) is 4.27. The van der Waals surface area contributed by atoms with E-state index < -0.39 is 5.54 Å². The van der Waals surface area contributed by atoms with E-state index in [2.05, 4.69) is 5.32 Å². The van der Waals surface area contributed by atoms with E-state index in [-0.39, 0.29) is 12.5 Å². The van der Waals surface area contributed by atoms with Gasteiger partial charge in [0.25, 0.3) is 5.91 Å². The molecule has 0 radical (unpaired) electrons. The first kappa shape index (κ1) is 11.7. The quantitative estimate of drug-likeness (QED) is 0.522. The van der Waals surface area contributed by atoms with Gasteiger partial charge in [-0.25, -0.2) is 0 Å². The number of nitrogens with one attached hydrogen (secondary N) is 1. The zero-order chi connectivity index (χ0) is 12.5. The largest absolute Gasteiger partial charge is 0.399 e. The number of hydrogen-bond acceptors (Lipinski definition) is 5. The molecule has 1 aromatic carbocycles. The van der Waals surface area contributed by atoms with E-state index in [9.17, 15) is 9.90 Å². The monoisotopic (exact) mass is 237 g/mol. The minimum atomic E-state index is -0.670. The van der Waals surface area contributed by atoms with Crippen molar-refractivity contribution in [1.29, 1.82) is 0 Å². The Morgan fingerprint density at radius 2 is 1.94 bits per heavy atom. The van der Waals surface area contributed by atoms with Crippen LogP contribution in [0.4, 0.5) is 11.4 Å². The summed E-state index contributed by atoms with van der Waals surface area (Å²) in [6.07, 6.45) is 0. The van der Waals surface area contributed by atoms with Crippen LogP contribution in [0.2, 0.25) is 0 Å². The van der Waals surface area contributed by atoms with E-state index in [1.807, 2.05) is 0 Å². The van der Waals surface area contributed by atoms with E-state index in [1.54, 1.807) is 6.07 Å². The van der Waals surface area contributed by atoms with Crippen LogP contribution in [0.15, 0.2) is 18.2 Å². The second-order valence-electron chi connectivity index (χ2n) is 4.27. The number of nitrogens with two attached hydrogens (primary N) is 2. The minimum Gasteiger partial charge on any atom is -0.399 e. The Bertz CT molecular complexity index is 418. The van der Waals surface area contributed by atoms with E-state index in [1.165, 1.54) is 12.1 Å². The van der Waals surface area contributed by atoms with Crippen molar-refractivity contribution in [2.45, 2.75) is 5.54 Å². The van der Waals surface area contributed by atoms with Crippen molar-refractivity contribution < 1.29 is 14.6 Å². The first-order chi connectivity index (χ1) is 8.04. The molecule has 2 rings (SSSR count). The third kappa shape index (κ3) is 2.32. The number of nitrogen functional groups attached to an aromatic ring is 2. The summed E-state index contributed by atoms with van der Waals surface area (Å²) < 4.78 is 4.99. The maximum absolute atomic E-state index is 11.9. The fourth-order valence-electron chi connectivity index (χ4n) is 1.67. The van der Waals surface area contributed by atoms with E-state index in [0.29, 0.717) is 30.2 Å². The van der Waals surface area contributed by atoms with Gasteiger partial charge in [0.15, 0.2) is 0 Å². The number of aliphatic hydroxyl groups excluding tert-OH is 1. The van der Waals surface area contributed by atoms with E-state index in [4.69, 9.17) is 16.2 Å². The molecule has 0 bridgehead atoms. The first-order valence-electron chi connectivity index (χ1n) is 5.22.